The third-order valence-electron chi connectivity index (χ3n) is 3.02. The summed E-state index contributed by atoms with van der Waals surface area (Å²) >= 11 is 0. The van der Waals surface area contributed by atoms with E-state index in [4.69, 9.17) is 11.0 Å². The van der Waals surface area contributed by atoms with Gasteiger partial charge in [0.05, 0.1) is 5.56 Å². The van der Waals surface area contributed by atoms with Crippen molar-refractivity contribution in [1.82, 2.24) is 9.84 Å². The molecule has 0 amide bonds. The number of hydrogen-bond donors (Lipinski definition) is 2. The quantitative estimate of drug-likeness (QED) is 0.799. The standard InChI is InChI=1S/C12H16N4O2S/c13-9-10-8-11(14)4-5-12(10)19(17,18)15-16-6-2-1-3-7-16/h4-5,8,15H,1-3,6-7,14H2. The van der Waals surface area contributed by atoms with Gasteiger partial charge in [0.15, 0.2) is 0 Å². The Morgan fingerprint density at radius 1 is 1.26 bits per heavy atom. The first kappa shape index (κ1) is 13.8. The molecule has 0 aliphatic carbocycles. The third-order valence-corrected chi connectivity index (χ3v) is 4.45. The smallest absolute Gasteiger partial charge is 0.254 e. The van der Waals surface area contributed by atoms with Crippen LogP contribution in [0.5, 0.6) is 0 Å². The lowest BCUT2D eigenvalue weighted by atomic mass is 10.2. The van der Waals surface area contributed by atoms with Gasteiger partial charge in [0.25, 0.3) is 10.0 Å². The van der Waals surface area contributed by atoms with Gasteiger partial charge in [-0.15, -0.1) is 4.83 Å². The summed E-state index contributed by atoms with van der Waals surface area (Å²) in [6.45, 7) is 1.38. The summed E-state index contributed by atoms with van der Waals surface area (Å²) < 4.78 is 24.5. The Balaban J connectivity index is 2.26. The van der Waals surface area contributed by atoms with E-state index in [1.54, 1.807) is 5.01 Å². The van der Waals surface area contributed by atoms with E-state index in [-0.39, 0.29) is 10.5 Å². The second kappa shape index (κ2) is 5.57. The molecule has 0 radical (unpaired) electrons. The molecule has 0 spiro atoms. The molecule has 2 rings (SSSR count). The Hall–Kier alpha value is -1.62. The average Bonchev–Trinajstić information content (AvgIpc) is 2.38. The van der Waals surface area contributed by atoms with Crippen molar-refractivity contribution in [3.63, 3.8) is 0 Å². The third kappa shape index (κ3) is 3.23. The normalized spacial score (nSPS) is 17.0. The summed E-state index contributed by atoms with van der Waals surface area (Å²) in [6, 6.07) is 6.07. The summed E-state index contributed by atoms with van der Waals surface area (Å²) in [7, 11) is -3.72. The Labute approximate surface area is 112 Å². The van der Waals surface area contributed by atoms with Crippen molar-refractivity contribution in [1.29, 1.82) is 5.26 Å². The molecule has 1 heterocycles. The maximum atomic E-state index is 12.2. The molecule has 7 heteroatoms. The number of nitrogen functional groups attached to an aromatic ring is 1. The highest BCUT2D eigenvalue weighted by atomic mass is 32.2. The average molecular weight is 280 g/mol. The Bertz CT molecular complexity index is 601. The molecule has 19 heavy (non-hydrogen) atoms. The van der Waals surface area contributed by atoms with Gasteiger partial charge in [-0.1, -0.05) is 6.42 Å². The van der Waals surface area contributed by atoms with Gasteiger partial charge in [-0.2, -0.15) is 5.26 Å². The van der Waals surface area contributed by atoms with Gasteiger partial charge in [0.1, 0.15) is 11.0 Å². The number of piperidine rings is 1. The van der Waals surface area contributed by atoms with Crippen LogP contribution < -0.4 is 10.6 Å². The van der Waals surface area contributed by atoms with Crippen LogP contribution >= 0.6 is 0 Å². The van der Waals surface area contributed by atoms with Gasteiger partial charge in [0, 0.05) is 18.8 Å². The number of rotatable bonds is 3. The number of nitrogens with two attached hydrogens (primary N) is 1. The highest BCUT2D eigenvalue weighted by Crippen LogP contribution is 2.19. The summed E-state index contributed by atoms with van der Waals surface area (Å²) in [5.41, 5.74) is 5.98. The summed E-state index contributed by atoms with van der Waals surface area (Å²) in [5.74, 6) is 0. The molecule has 0 bridgehead atoms. The van der Waals surface area contributed by atoms with Crippen LogP contribution in [-0.2, 0) is 10.0 Å². The lowest BCUT2D eigenvalue weighted by molar-refractivity contribution is 0.200. The molecule has 1 saturated heterocycles. The Morgan fingerprint density at radius 2 is 1.95 bits per heavy atom. The number of nitriles is 1. The van der Waals surface area contributed by atoms with Crippen LogP contribution in [0.1, 0.15) is 24.8 Å². The molecule has 0 atom stereocenters. The number of hydrogen-bond acceptors (Lipinski definition) is 5. The molecule has 1 aromatic carbocycles. The fraction of sp³-hybridized carbons (Fsp3) is 0.417. The van der Waals surface area contributed by atoms with E-state index in [9.17, 15) is 8.42 Å². The molecule has 3 N–H and O–H groups in total. The number of sulfonamides is 1. The first-order valence-electron chi connectivity index (χ1n) is 6.10. The fourth-order valence-electron chi connectivity index (χ4n) is 2.07. The minimum absolute atomic E-state index is 0.0326. The summed E-state index contributed by atoms with van der Waals surface area (Å²) in [5, 5.41) is 10.7. The SMILES string of the molecule is N#Cc1cc(N)ccc1S(=O)(=O)NN1CCCCC1. The fourth-order valence-corrected chi connectivity index (χ4v) is 3.34. The molecule has 0 unspecified atom stereocenters. The number of nitrogens with one attached hydrogen (secondary N) is 1. The number of nitrogens with zero attached hydrogens (tertiary/aromatic N) is 2. The van der Waals surface area contributed by atoms with E-state index in [2.05, 4.69) is 4.83 Å². The lowest BCUT2D eigenvalue weighted by Gasteiger charge is -2.26. The molecule has 102 valence electrons. The zero-order valence-corrected chi connectivity index (χ0v) is 11.3. The summed E-state index contributed by atoms with van der Waals surface area (Å²) in [6.07, 6.45) is 3.05. The predicted molar refractivity (Wildman–Crippen MR) is 71.3 cm³/mol. The lowest BCUT2D eigenvalue weighted by Crippen LogP contribution is -2.45. The monoisotopic (exact) mass is 280 g/mol. The molecule has 1 fully saturated rings. The van der Waals surface area contributed by atoms with Crippen molar-refractivity contribution in [2.24, 2.45) is 0 Å². The van der Waals surface area contributed by atoms with Crippen LogP contribution in [-0.4, -0.2) is 26.5 Å². The number of benzene rings is 1. The highest BCUT2D eigenvalue weighted by Gasteiger charge is 2.22. The van der Waals surface area contributed by atoms with Crippen LogP contribution in [0.3, 0.4) is 0 Å². The van der Waals surface area contributed by atoms with Gasteiger partial charge < -0.3 is 5.73 Å². The molecule has 1 aromatic rings. The minimum atomic E-state index is -3.72. The maximum Gasteiger partial charge on any atom is 0.254 e. The first-order valence-corrected chi connectivity index (χ1v) is 7.58. The molecule has 1 aliphatic rings. The Morgan fingerprint density at radius 3 is 2.58 bits per heavy atom. The van der Waals surface area contributed by atoms with E-state index in [1.165, 1.54) is 18.2 Å². The van der Waals surface area contributed by atoms with Crippen molar-refractivity contribution in [2.75, 3.05) is 18.8 Å². The van der Waals surface area contributed by atoms with Gasteiger partial charge in [-0.05, 0) is 31.0 Å². The molecular formula is C12H16N4O2S. The van der Waals surface area contributed by atoms with E-state index >= 15 is 0 Å². The van der Waals surface area contributed by atoms with Gasteiger partial charge in [0.2, 0.25) is 0 Å². The van der Waals surface area contributed by atoms with Crippen LogP contribution in [0.25, 0.3) is 0 Å². The molecule has 6 nitrogen and oxygen atoms in total. The topological polar surface area (TPSA) is 99.2 Å². The zero-order valence-electron chi connectivity index (χ0n) is 10.5. The van der Waals surface area contributed by atoms with Crippen LogP contribution in [0.15, 0.2) is 23.1 Å². The number of hydrazine groups is 1. The molecule has 0 saturated carbocycles. The van der Waals surface area contributed by atoms with Crippen LogP contribution in [0.2, 0.25) is 0 Å². The largest absolute Gasteiger partial charge is 0.399 e. The van der Waals surface area contributed by atoms with Crippen LogP contribution in [0.4, 0.5) is 5.69 Å². The molecule has 1 aliphatic heterocycles. The van der Waals surface area contributed by atoms with Gasteiger partial charge in [-0.3, -0.25) is 0 Å². The Kier molecular flexibility index (Phi) is 4.04. The highest BCUT2D eigenvalue weighted by molar-refractivity contribution is 7.89. The molecule has 0 aromatic heterocycles. The van der Waals surface area contributed by atoms with E-state index in [0.29, 0.717) is 18.8 Å². The zero-order chi connectivity index (χ0) is 13.9. The van der Waals surface area contributed by atoms with Crippen molar-refractivity contribution in [3.05, 3.63) is 23.8 Å². The van der Waals surface area contributed by atoms with Crippen molar-refractivity contribution in [2.45, 2.75) is 24.2 Å². The van der Waals surface area contributed by atoms with E-state index in [0.717, 1.165) is 19.3 Å². The van der Waals surface area contributed by atoms with Crippen molar-refractivity contribution < 1.29 is 8.42 Å². The van der Waals surface area contributed by atoms with E-state index in [1.807, 2.05) is 6.07 Å². The molecular weight excluding hydrogens is 264 g/mol. The second-order valence-electron chi connectivity index (χ2n) is 4.51. The van der Waals surface area contributed by atoms with Gasteiger partial charge in [-0.25, -0.2) is 13.4 Å². The number of anilines is 1. The van der Waals surface area contributed by atoms with Crippen molar-refractivity contribution >= 4 is 15.7 Å². The minimum Gasteiger partial charge on any atom is -0.399 e. The van der Waals surface area contributed by atoms with Gasteiger partial charge >= 0.3 is 0 Å². The first-order chi connectivity index (χ1) is 9.03. The summed E-state index contributed by atoms with van der Waals surface area (Å²) in [4.78, 5) is 2.49. The predicted octanol–water partition coefficient (Wildman–Crippen LogP) is 0.820. The second-order valence-corrected chi connectivity index (χ2v) is 6.14. The maximum absolute atomic E-state index is 12.2. The van der Waals surface area contributed by atoms with E-state index < -0.39 is 10.0 Å². The van der Waals surface area contributed by atoms with Crippen molar-refractivity contribution in [3.8, 4) is 6.07 Å². The van der Waals surface area contributed by atoms with Crippen LogP contribution in [0, 0.1) is 11.3 Å².